The second-order valence-corrected chi connectivity index (χ2v) is 7.00. The molecule has 0 amide bonds. The Morgan fingerprint density at radius 3 is 2.85 bits per heavy atom. The summed E-state index contributed by atoms with van der Waals surface area (Å²) in [5.41, 5.74) is 5.21. The summed E-state index contributed by atoms with van der Waals surface area (Å²) in [7, 11) is 0. The molecule has 0 radical (unpaired) electrons. The van der Waals surface area contributed by atoms with E-state index in [9.17, 15) is 9.59 Å². The zero-order valence-corrected chi connectivity index (χ0v) is 15.1. The highest BCUT2D eigenvalue weighted by Crippen LogP contribution is 2.24. The first kappa shape index (κ1) is 16.5. The summed E-state index contributed by atoms with van der Waals surface area (Å²) in [6, 6.07) is 12.8. The third kappa shape index (κ3) is 2.78. The Morgan fingerprint density at radius 1 is 1.19 bits per heavy atom. The minimum absolute atomic E-state index is 0.216. The average molecular weight is 364 g/mol. The summed E-state index contributed by atoms with van der Waals surface area (Å²) in [5.74, 6) is -0.731. The molecule has 1 N–H and O–H groups in total. The van der Waals surface area contributed by atoms with Crippen molar-refractivity contribution in [1.29, 1.82) is 0 Å². The number of Topliss-reactive ketones (excluding diaryl/α,β-unsaturated/α-hetero) is 1. The number of rotatable bonds is 4. The van der Waals surface area contributed by atoms with Gasteiger partial charge >= 0.3 is 5.97 Å². The Balaban J connectivity index is 1.58. The zero-order valence-electron chi connectivity index (χ0n) is 14.3. The van der Waals surface area contributed by atoms with E-state index in [0.717, 1.165) is 26.8 Å². The fraction of sp³-hybridized carbons (Fsp3) is 0.150. The van der Waals surface area contributed by atoms with E-state index in [2.05, 4.69) is 9.97 Å². The second kappa shape index (κ2) is 6.38. The number of aromatic nitrogens is 2. The molecule has 2 aromatic heterocycles. The van der Waals surface area contributed by atoms with Crippen LogP contribution in [0.2, 0.25) is 0 Å². The number of thiazole rings is 1. The summed E-state index contributed by atoms with van der Waals surface area (Å²) in [5, 5.41) is 0.837. The number of carbonyl (C=O) groups is 2. The fourth-order valence-electron chi connectivity index (χ4n) is 3.06. The lowest BCUT2D eigenvalue weighted by Crippen LogP contribution is -2.24. The van der Waals surface area contributed by atoms with Gasteiger partial charge in [0, 0.05) is 22.2 Å². The lowest BCUT2D eigenvalue weighted by molar-refractivity contribution is 0.0319. The van der Waals surface area contributed by atoms with Gasteiger partial charge in [-0.05, 0) is 38.1 Å². The SMILES string of the molecule is Cc1[nH]c2ccccc2c1C(=O)[C@H](C)OC(=O)c1ccc2ncsc2c1. The predicted octanol–water partition coefficient (Wildman–Crippen LogP) is 4.51. The lowest BCUT2D eigenvalue weighted by atomic mass is 10.0. The average Bonchev–Trinajstić information content (AvgIpc) is 3.23. The molecule has 4 rings (SSSR count). The van der Waals surface area contributed by atoms with Crippen LogP contribution in [0.5, 0.6) is 0 Å². The molecule has 0 aliphatic heterocycles. The van der Waals surface area contributed by atoms with Gasteiger partial charge in [-0.25, -0.2) is 9.78 Å². The van der Waals surface area contributed by atoms with Gasteiger partial charge in [0.15, 0.2) is 6.10 Å². The molecular formula is C20H16N2O3S. The van der Waals surface area contributed by atoms with Crippen LogP contribution in [-0.4, -0.2) is 27.8 Å². The van der Waals surface area contributed by atoms with Crippen LogP contribution < -0.4 is 0 Å². The highest BCUT2D eigenvalue weighted by molar-refractivity contribution is 7.16. The number of aryl methyl sites for hydroxylation is 1. The van der Waals surface area contributed by atoms with E-state index >= 15 is 0 Å². The Hall–Kier alpha value is -2.99. The van der Waals surface area contributed by atoms with Gasteiger partial charge in [0.05, 0.1) is 21.3 Å². The Labute approximate surface area is 153 Å². The topological polar surface area (TPSA) is 72.1 Å². The number of H-pyrrole nitrogens is 1. The molecule has 0 aliphatic rings. The minimum Gasteiger partial charge on any atom is -0.451 e. The van der Waals surface area contributed by atoms with E-state index < -0.39 is 12.1 Å². The summed E-state index contributed by atoms with van der Waals surface area (Å²) < 4.78 is 6.34. The molecule has 0 spiro atoms. The number of ketones is 1. The molecule has 26 heavy (non-hydrogen) atoms. The van der Waals surface area contributed by atoms with Crippen molar-refractivity contribution in [3.63, 3.8) is 0 Å². The van der Waals surface area contributed by atoms with Crippen molar-refractivity contribution in [2.45, 2.75) is 20.0 Å². The molecule has 2 aromatic carbocycles. The Morgan fingerprint density at radius 2 is 2.00 bits per heavy atom. The number of nitrogens with zero attached hydrogens (tertiary/aromatic N) is 1. The van der Waals surface area contributed by atoms with Crippen molar-refractivity contribution in [2.75, 3.05) is 0 Å². The quantitative estimate of drug-likeness (QED) is 0.427. The van der Waals surface area contributed by atoms with Gasteiger partial charge in [-0.2, -0.15) is 0 Å². The second-order valence-electron chi connectivity index (χ2n) is 6.12. The van der Waals surface area contributed by atoms with Crippen LogP contribution in [0.15, 0.2) is 48.0 Å². The number of nitrogens with one attached hydrogen (secondary N) is 1. The first-order valence-corrected chi connectivity index (χ1v) is 9.08. The predicted molar refractivity (Wildman–Crippen MR) is 102 cm³/mol. The van der Waals surface area contributed by atoms with Crippen LogP contribution in [0.3, 0.4) is 0 Å². The van der Waals surface area contributed by atoms with E-state index in [0.29, 0.717) is 11.1 Å². The smallest absolute Gasteiger partial charge is 0.338 e. The van der Waals surface area contributed by atoms with Crippen LogP contribution in [0.1, 0.15) is 33.3 Å². The number of hydrogen-bond donors (Lipinski definition) is 1. The van der Waals surface area contributed by atoms with Gasteiger partial charge in [0.25, 0.3) is 0 Å². The number of para-hydroxylation sites is 1. The molecule has 130 valence electrons. The number of fused-ring (bicyclic) bond motifs is 2. The number of benzene rings is 2. The van der Waals surface area contributed by atoms with Gasteiger partial charge in [-0.1, -0.05) is 18.2 Å². The molecule has 0 bridgehead atoms. The summed E-state index contributed by atoms with van der Waals surface area (Å²) in [6.45, 7) is 3.45. The molecule has 4 aromatic rings. The molecule has 0 aliphatic carbocycles. The normalized spacial score (nSPS) is 12.4. The molecule has 2 heterocycles. The van der Waals surface area contributed by atoms with Crippen LogP contribution in [0, 0.1) is 6.92 Å². The molecule has 1 atom stereocenters. The Kier molecular flexibility index (Phi) is 4.05. The van der Waals surface area contributed by atoms with E-state index in [1.54, 1.807) is 30.6 Å². The summed E-state index contributed by atoms with van der Waals surface area (Å²) in [6.07, 6.45) is -0.877. The van der Waals surface area contributed by atoms with Crippen molar-refractivity contribution >= 4 is 44.2 Å². The molecule has 0 unspecified atom stereocenters. The third-order valence-electron chi connectivity index (χ3n) is 4.36. The summed E-state index contributed by atoms with van der Waals surface area (Å²) in [4.78, 5) is 32.7. The van der Waals surface area contributed by atoms with Gasteiger partial charge in [-0.3, -0.25) is 4.79 Å². The zero-order chi connectivity index (χ0) is 18.3. The molecule has 0 fully saturated rings. The largest absolute Gasteiger partial charge is 0.451 e. The molecular weight excluding hydrogens is 348 g/mol. The highest BCUT2D eigenvalue weighted by Gasteiger charge is 2.25. The fourth-order valence-corrected chi connectivity index (χ4v) is 3.78. The van der Waals surface area contributed by atoms with Gasteiger partial charge in [-0.15, -0.1) is 11.3 Å². The maximum atomic E-state index is 12.9. The van der Waals surface area contributed by atoms with Crippen molar-refractivity contribution in [3.05, 3.63) is 64.8 Å². The molecule has 6 heteroatoms. The number of esters is 1. The molecule has 0 saturated carbocycles. The first-order valence-electron chi connectivity index (χ1n) is 8.20. The van der Waals surface area contributed by atoms with Crippen molar-refractivity contribution in [2.24, 2.45) is 0 Å². The van der Waals surface area contributed by atoms with Crippen molar-refractivity contribution in [3.8, 4) is 0 Å². The van der Waals surface area contributed by atoms with Crippen LogP contribution in [0.25, 0.3) is 21.1 Å². The van der Waals surface area contributed by atoms with E-state index in [1.165, 1.54) is 11.3 Å². The van der Waals surface area contributed by atoms with Crippen LogP contribution in [0.4, 0.5) is 0 Å². The van der Waals surface area contributed by atoms with Gasteiger partial charge < -0.3 is 9.72 Å². The maximum absolute atomic E-state index is 12.9. The lowest BCUT2D eigenvalue weighted by Gasteiger charge is -2.12. The van der Waals surface area contributed by atoms with Gasteiger partial charge in [0.1, 0.15) is 0 Å². The van der Waals surface area contributed by atoms with Crippen LogP contribution in [-0.2, 0) is 4.74 Å². The van der Waals surface area contributed by atoms with E-state index in [1.807, 2.05) is 31.2 Å². The third-order valence-corrected chi connectivity index (χ3v) is 5.15. The van der Waals surface area contributed by atoms with Crippen molar-refractivity contribution in [1.82, 2.24) is 9.97 Å². The minimum atomic E-state index is -0.877. The van der Waals surface area contributed by atoms with Crippen molar-refractivity contribution < 1.29 is 14.3 Å². The maximum Gasteiger partial charge on any atom is 0.338 e. The van der Waals surface area contributed by atoms with E-state index in [-0.39, 0.29) is 5.78 Å². The first-order chi connectivity index (χ1) is 12.5. The van der Waals surface area contributed by atoms with E-state index in [4.69, 9.17) is 4.74 Å². The van der Waals surface area contributed by atoms with Crippen LogP contribution >= 0.6 is 11.3 Å². The number of hydrogen-bond acceptors (Lipinski definition) is 5. The monoisotopic (exact) mass is 364 g/mol. The molecule has 0 saturated heterocycles. The standard InChI is InChI=1S/C20H16N2O3S/c1-11-18(14-5-3-4-6-15(14)22-11)19(23)12(2)25-20(24)13-7-8-16-17(9-13)26-10-21-16/h3-10,12,22H,1-2H3/t12-/m0/s1. The highest BCUT2D eigenvalue weighted by atomic mass is 32.1. The number of ether oxygens (including phenoxy) is 1. The summed E-state index contributed by atoms with van der Waals surface area (Å²) >= 11 is 1.46. The van der Waals surface area contributed by atoms with Gasteiger partial charge in [0.2, 0.25) is 5.78 Å². The number of aromatic amines is 1. The Bertz CT molecular complexity index is 1140. The molecule has 5 nitrogen and oxygen atoms in total. The number of carbonyl (C=O) groups excluding carboxylic acids is 2.